The van der Waals surface area contributed by atoms with E-state index in [9.17, 15) is 4.79 Å². The number of carbonyl (C=O) groups is 1. The van der Waals surface area contributed by atoms with Gasteiger partial charge in [-0.2, -0.15) is 0 Å². The number of hydrogen-bond donors (Lipinski definition) is 1. The molecule has 0 unspecified atom stereocenters. The lowest BCUT2D eigenvalue weighted by molar-refractivity contribution is -0.115. The van der Waals surface area contributed by atoms with Crippen LogP contribution in [0.2, 0.25) is 0 Å². The number of aromatic nitrogens is 1. The number of benzene rings is 1. The van der Waals surface area contributed by atoms with Crippen LogP contribution in [0.25, 0.3) is 21.5 Å². The summed E-state index contributed by atoms with van der Waals surface area (Å²) in [5.41, 5.74) is 4.98. The van der Waals surface area contributed by atoms with E-state index in [0.29, 0.717) is 5.13 Å². The summed E-state index contributed by atoms with van der Waals surface area (Å²) in [6.07, 6.45) is 1.94. The maximum absolute atomic E-state index is 12.4. The molecule has 4 aromatic rings. The molecule has 0 bridgehead atoms. The number of nitrogens with one attached hydrogen (secondary N) is 1. The first kappa shape index (κ1) is 16.1. The molecule has 1 aromatic carbocycles. The lowest BCUT2D eigenvalue weighted by atomic mass is 10.0. The third-order valence-corrected chi connectivity index (χ3v) is 5.80. The van der Waals surface area contributed by atoms with Crippen molar-refractivity contribution in [2.75, 3.05) is 5.32 Å². The summed E-state index contributed by atoms with van der Waals surface area (Å²) in [6, 6.07) is 8.10. The van der Waals surface area contributed by atoms with Crippen LogP contribution in [0.5, 0.6) is 0 Å². The van der Waals surface area contributed by atoms with E-state index < -0.39 is 0 Å². The van der Waals surface area contributed by atoms with Crippen molar-refractivity contribution in [3.05, 3.63) is 58.0 Å². The van der Waals surface area contributed by atoms with Crippen LogP contribution in [0, 0.1) is 13.8 Å². The molecule has 0 radical (unpaired) electrons. The highest BCUT2D eigenvalue weighted by Crippen LogP contribution is 2.29. The number of thiazole rings is 1. The SMILES string of the molecule is Cc1cc2occ(CC(=O)Nc3nc(-c4cccs4)cs3)c2cc1C. The molecule has 126 valence electrons. The van der Waals surface area contributed by atoms with Crippen LogP contribution in [0.15, 0.2) is 45.7 Å². The van der Waals surface area contributed by atoms with Crippen LogP contribution in [0.4, 0.5) is 5.13 Å². The summed E-state index contributed by atoms with van der Waals surface area (Å²) >= 11 is 3.07. The first-order chi connectivity index (χ1) is 12.1. The zero-order chi connectivity index (χ0) is 17.4. The molecule has 6 heteroatoms. The smallest absolute Gasteiger partial charge is 0.230 e. The largest absolute Gasteiger partial charge is 0.464 e. The first-order valence-electron chi connectivity index (χ1n) is 7.87. The first-order valence-corrected chi connectivity index (χ1v) is 9.62. The molecule has 1 N–H and O–H groups in total. The molecule has 3 aromatic heterocycles. The molecule has 0 fully saturated rings. The van der Waals surface area contributed by atoms with Crippen molar-refractivity contribution in [1.29, 1.82) is 0 Å². The van der Waals surface area contributed by atoms with Crippen LogP contribution < -0.4 is 5.32 Å². The Morgan fingerprint density at radius 2 is 2.08 bits per heavy atom. The number of nitrogens with zero attached hydrogens (tertiary/aromatic N) is 1. The monoisotopic (exact) mass is 368 g/mol. The summed E-state index contributed by atoms with van der Waals surface area (Å²) in [5, 5.41) is 8.47. The average Bonchev–Trinajstić information content (AvgIpc) is 3.30. The summed E-state index contributed by atoms with van der Waals surface area (Å²) < 4.78 is 5.60. The van der Waals surface area contributed by atoms with Gasteiger partial charge in [0, 0.05) is 16.3 Å². The second-order valence-electron chi connectivity index (χ2n) is 5.93. The fraction of sp³-hybridized carbons (Fsp3) is 0.158. The number of furan rings is 1. The standard InChI is InChI=1S/C19H16N2O2S2/c1-11-6-14-13(9-23-16(14)7-12(11)2)8-18(22)21-19-20-15(10-25-19)17-4-3-5-24-17/h3-7,9-10H,8H2,1-2H3,(H,20,21,22). The Labute approximate surface area is 153 Å². The predicted octanol–water partition coefficient (Wildman–Crippen LogP) is 5.42. The minimum absolute atomic E-state index is 0.0898. The molecule has 4 rings (SSSR count). The summed E-state index contributed by atoms with van der Waals surface area (Å²) in [7, 11) is 0. The molecule has 4 nitrogen and oxygen atoms in total. The molecular formula is C19H16N2O2S2. The van der Waals surface area contributed by atoms with E-state index in [0.717, 1.165) is 27.1 Å². The highest BCUT2D eigenvalue weighted by Gasteiger charge is 2.13. The van der Waals surface area contributed by atoms with E-state index in [1.807, 2.05) is 29.0 Å². The Bertz CT molecular complexity index is 1040. The van der Waals surface area contributed by atoms with Gasteiger partial charge in [0.25, 0.3) is 0 Å². The van der Waals surface area contributed by atoms with Crippen molar-refractivity contribution in [2.45, 2.75) is 20.3 Å². The Morgan fingerprint density at radius 3 is 2.88 bits per heavy atom. The predicted molar refractivity (Wildman–Crippen MR) is 103 cm³/mol. The van der Waals surface area contributed by atoms with E-state index in [-0.39, 0.29) is 12.3 Å². The van der Waals surface area contributed by atoms with E-state index in [1.165, 1.54) is 22.5 Å². The van der Waals surface area contributed by atoms with Gasteiger partial charge in [-0.3, -0.25) is 4.79 Å². The topological polar surface area (TPSA) is 55.1 Å². The van der Waals surface area contributed by atoms with Crippen molar-refractivity contribution in [3.63, 3.8) is 0 Å². The Morgan fingerprint density at radius 1 is 1.24 bits per heavy atom. The van der Waals surface area contributed by atoms with Gasteiger partial charge in [0.1, 0.15) is 5.58 Å². The molecule has 0 aliphatic rings. The number of rotatable bonds is 4. The number of fused-ring (bicyclic) bond motifs is 1. The van der Waals surface area contributed by atoms with Crippen LogP contribution in [-0.4, -0.2) is 10.9 Å². The summed E-state index contributed by atoms with van der Waals surface area (Å²) in [4.78, 5) is 18.0. The molecule has 0 spiro atoms. The van der Waals surface area contributed by atoms with Gasteiger partial charge in [-0.1, -0.05) is 6.07 Å². The molecule has 0 saturated carbocycles. The zero-order valence-corrected chi connectivity index (χ0v) is 15.5. The second kappa shape index (κ2) is 6.46. The van der Waals surface area contributed by atoms with E-state index in [4.69, 9.17) is 4.42 Å². The number of anilines is 1. The fourth-order valence-corrected chi connectivity index (χ4v) is 4.17. The van der Waals surface area contributed by atoms with Crippen molar-refractivity contribution >= 4 is 44.7 Å². The lowest BCUT2D eigenvalue weighted by Gasteiger charge is -2.02. The number of hydrogen-bond acceptors (Lipinski definition) is 5. The Kier molecular flexibility index (Phi) is 4.15. The molecule has 1 amide bonds. The van der Waals surface area contributed by atoms with Crippen LogP contribution >= 0.6 is 22.7 Å². The molecule has 0 aliphatic carbocycles. The molecule has 25 heavy (non-hydrogen) atoms. The molecule has 3 heterocycles. The number of carbonyl (C=O) groups excluding carboxylic acids is 1. The lowest BCUT2D eigenvalue weighted by Crippen LogP contribution is -2.14. The third kappa shape index (κ3) is 3.23. The minimum Gasteiger partial charge on any atom is -0.464 e. The van der Waals surface area contributed by atoms with Crippen LogP contribution in [0.3, 0.4) is 0 Å². The number of thiophene rings is 1. The zero-order valence-electron chi connectivity index (χ0n) is 13.8. The highest BCUT2D eigenvalue weighted by atomic mass is 32.1. The average molecular weight is 368 g/mol. The van der Waals surface area contributed by atoms with Crippen LogP contribution in [0.1, 0.15) is 16.7 Å². The van der Waals surface area contributed by atoms with E-state index >= 15 is 0 Å². The van der Waals surface area contributed by atoms with Crippen molar-refractivity contribution in [3.8, 4) is 10.6 Å². The van der Waals surface area contributed by atoms with Crippen molar-refractivity contribution < 1.29 is 9.21 Å². The maximum atomic E-state index is 12.4. The van der Waals surface area contributed by atoms with Gasteiger partial charge >= 0.3 is 0 Å². The maximum Gasteiger partial charge on any atom is 0.230 e. The van der Waals surface area contributed by atoms with Gasteiger partial charge in [-0.25, -0.2) is 4.98 Å². The fourth-order valence-electron chi connectivity index (χ4n) is 2.68. The van der Waals surface area contributed by atoms with Crippen molar-refractivity contribution in [2.24, 2.45) is 0 Å². The highest BCUT2D eigenvalue weighted by molar-refractivity contribution is 7.16. The van der Waals surface area contributed by atoms with Gasteiger partial charge in [0.15, 0.2) is 5.13 Å². The molecular weight excluding hydrogens is 352 g/mol. The quantitative estimate of drug-likeness (QED) is 0.523. The van der Waals surface area contributed by atoms with Crippen LogP contribution in [-0.2, 0) is 11.2 Å². The summed E-state index contributed by atoms with van der Waals surface area (Å²) in [6.45, 7) is 4.12. The van der Waals surface area contributed by atoms with E-state index in [2.05, 4.69) is 30.2 Å². The van der Waals surface area contributed by atoms with E-state index in [1.54, 1.807) is 17.6 Å². The van der Waals surface area contributed by atoms with Gasteiger partial charge in [-0.15, -0.1) is 22.7 Å². The molecule has 0 saturated heterocycles. The van der Waals surface area contributed by atoms with Gasteiger partial charge in [0.05, 0.1) is 23.3 Å². The van der Waals surface area contributed by atoms with Gasteiger partial charge in [0.2, 0.25) is 5.91 Å². The second-order valence-corrected chi connectivity index (χ2v) is 7.74. The molecule has 0 atom stereocenters. The number of amides is 1. The van der Waals surface area contributed by atoms with Crippen molar-refractivity contribution in [1.82, 2.24) is 4.98 Å². The summed E-state index contributed by atoms with van der Waals surface area (Å²) in [5.74, 6) is -0.0898. The third-order valence-electron chi connectivity index (χ3n) is 4.15. The minimum atomic E-state index is -0.0898. The normalized spacial score (nSPS) is 11.1. The Balaban J connectivity index is 1.50. The van der Waals surface area contributed by atoms with Gasteiger partial charge < -0.3 is 9.73 Å². The molecule has 0 aliphatic heterocycles. The number of aryl methyl sites for hydroxylation is 2. The Hall–Kier alpha value is -2.44. The van der Waals surface area contributed by atoms with Gasteiger partial charge in [-0.05, 0) is 48.6 Å².